The van der Waals surface area contributed by atoms with Crippen LogP contribution in [0.5, 0.6) is 23.0 Å². The van der Waals surface area contributed by atoms with Crippen LogP contribution in [-0.4, -0.2) is 57.9 Å². The summed E-state index contributed by atoms with van der Waals surface area (Å²) in [6, 6.07) is 16.3. The van der Waals surface area contributed by atoms with Gasteiger partial charge < -0.3 is 29.6 Å². The molecule has 0 aliphatic carbocycles. The van der Waals surface area contributed by atoms with E-state index in [-0.39, 0.29) is 19.1 Å². The van der Waals surface area contributed by atoms with E-state index < -0.39 is 11.8 Å². The molecule has 0 spiro atoms. The van der Waals surface area contributed by atoms with Gasteiger partial charge in [0.15, 0.2) is 29.6 Å². The van der Waals surface area contributed by atoms with E-state index in [1.807, 2.05) is 37.3 Å². The molecule has 0 heterocycles. The van der Waals surface area contributed by atoms with E-state index in [4.69, 9.17) is 18.9 Å². The summed E-state index contributed by atoms with van der Waals surface area (Å²) in [5.41, 5.74) is 5.52. The SMILES string of the molecule is CCOc1cc(/C=N\NC(=O)C(=O)NCCc2ccc(OC)c(OC)c2)cc(Br)c1OCC(=O)Nc1ccc(CC)cc1. The third-order valence-electron chi connectivity index (χ3n) is 6.06. The van der Waals surface area contributed by atoms with Crippen molar-refractivity contribution in [3.8, 4) is 23.0 Å². The smallest absolute Gasteiger partial charge is 0.329 e. The van der Waals surface area contributed by atoms with Crippen LogP contribution >= 0.6 is 15.9 Å². The van der Waals surface area contributed by atoms with Crippen molar-refractivity contribution in [1.29, 1.82) is 0 Å². The molecule has 3 aromatic carbocycles. The number of hydrazone groups is 1. The van der Waals surface area contributed by atoms with Gasteiger partial charge >= 0.3 is 11.8 Å². The van der Waals surface area contributed by atoms with Gasteiger partial charge in [0.05, 0.1) is 31.5 Å². The van der Waals surface area contributed by atoms with Gasteiger partial charge in [0.1, 0.15) is 0 Å². The Kier molecular flexibility index (Phi) is 12.8. The summed E-state index contributed by atoms with van der Waals surface area (Å²) in [6.45, 7) is 4.22. The standard InChI is InChI=1S/C31H35BrN4O7/c1-5-20-7-10-23(11-8-20)35-28(37)19-43-29-24(32)15-22(17-27(29)42-6-2)18-34-36-31(39)30(38)33-14-13-21-9-12-25(40-3)26(16-21)41-4/h7-12,15-18H,5-6,13-14,19H2,1-4H3,(H,33,38)(H,35,37)(H,36,39)/b34-18-. The molecule has 11 nitrogen and oxygen atoms in total. The summed E-state index contributed by atoms with van der Waals surface area (Å²) in [5.74, 6) is -0.164. The Morgan fingerprint density at radius 3 is 2.26 bits per heavy atom. The molecule has 3 N–H and O–H groups in total. The Labute approximate surface area is 259 Å². The van der Waals surface area contributed by atoms with Crippen LogP contribution in [0.4, 0.5) is 5.69 Å². The topological polar surface area (TPSA) is 137 Å². The summed E-state index contributed by atoms with van der Waals surface area (Å²) in [4.78, 5) is 36.8. The highest BCUT2D eigenvalue weighted by Crippen LogP contribution is 2.36. The molecule has 0 saturated carbocycles. The van der Waals surface area contributed by atoms with E-state index in [0.29, 0.717) is 51.7 Å². The summed E-state index contributed by atoms with van der Waals surface area (Å²) < 4.78 is 22.5. The van der Waals surface area contributed by atoms with Gasteiger partial charge in [-0.25, -0.2) is 5.43 Å². The molecule has 0 aliphatic rings. The first kappa shape index (κ1) is 32.9. The van der Waals surface area contributed by atoms with Crippen LogP contribution in [0.15, 0.2) is 64.2 Å². The van der Waals surface area contributed by atoms with E-state index >= 15 is 0 Å². The number of hydrogen-bond donors (Lipinski definition) is 3. The average molecular weight is 656 g/mol. The van der Waals surface area contributed by atoms with Gasteiger partial charge in [0.25, 0.3) is 5.91 Å². The minimum atomic E-state index is -0.914. The van der Waals surface area contributed by atoms with Crippen molar-refractivity contribution >= 4 is 45.6 Å². The molecule has 0 radical (unpaired) electrons. The number of hydrogen-bond acceptors (Lipinski definition) is 8. The number of methoxy groups -OCH3 is 2. The molecule has 0 unspecified atom stereocenters. The van der Waals surface area contributed by atoms with Crippen LogP contribution in [-0.2, 0) is 27.2 Å². The lowest BCUT2D eigenvalue weighted by molar-refractivity contribution is -0.139. The summed E-state index contributed by atoms with van der Waals surface area (Å²) in [5, 5.41) is 9.24. The fourth-order valence-corrected chi connectivity index (χ4v) is 4.45. The van der Waals surface area contributed by atoms with Crippen molar-refractivity contribution in [1.82, 2.24) is 10.7 Å². The Balaban J connectivity index is 1.52. The fraction of sp³-hybridized carbons (Fsp3) is 0.290. The molecule has 3 amide bonds. The second kappa shape index (κ2) is 16.8. The molecule has 43 heavy (non-hydrogen) atoms. The molecule has 228 valence electrons. The molecular weight excluding hydrogens is 620 g/mol. The molecule has 12 heteroatoms. The van der Waals surface area contributed by atoms with Crippen LogP contribution in [0, 0.1) is 0 Å². The van der Waals surface area contributed by atoms with Crippen molar-refractivity contribution in [2.45, 2.75) is 26.7 Å². The number of halogens is 1. The first-order valence-corrected chi connectivity index (χ1v) is 14.4. The van der Waals surface area contributed by atoms with Gasteiger partial charge in [-0.3, -0.25) is 14.4 Å². The van der Waals surface area contributed by atoms with Crippen molar-refractivity contribution < 1.29 is 33.3 Å². The number of nitrogens with zero attached hydrogens (tertiary/aromatic N) is 1. The number of aryl methyl sites for hydroxylation is 1. The van der Waals surface area contributed by atoms with E-state index in [9.17, 15) is 14.4 Å². The van der Waals surface area contributed by atoms with Gasteiger partial charge in [0.2, 0.25) is 0 Å². The predicted octanol–water partition coefficient (Wildman–Crippen LogP) is 4.25. The minimum Gasteiger partial charge on any atom is -0.493 e. The zero-order valence-electron chi connectivity index (χ0n) is 24.5. The number of benzene rings is 3. The molecular formula is C31H35BrN4O7. The van der Waals surface area contributed by atoms with Crippen molar-refractivity contribution in [2.24, 2.45) is 5.10 Å². The van der Waals surface area contributed by atoms with Crippen molar-refractivity contribution in [3.63, 3.8) is 0 Å². The normalized spacial score (nSPS) is 10.6. The highest BCUT2D eigenvalue weighted by molar-refractivity contribution is 9.10. The summed E-state index contributed by atoms with van der Waals surface area (Å²) in [7, 11) is 3.10. The zero-order chi connectivity index (χ0) is 31.2. The molecule has 0 atom stereocenters. The number of rotatable bonds is 14. The fourth-order valence-electron chi connectivity index (χ4n) is 3.88. The molecule has 0 aliphatic heterocycles. The first-order chi connectivity index (χ1) is 20.8. The number of carbonyl (C=O) groups excluding carboxylic acids is 3. The molecule has 0 saturated heterocycles. The molecule has 0 fully saturated rings. The van der Waals surface area contributed by atoms with E-state index in [1.165, 1.54) is 11.8 Å². The Bertz CT molecular complexity index is 1440. The summed E-state index contributed by atoms with van der Waals surface area (Å²) >= 11 is 3.44. The lowest BCUT2D eigenvalue weighted by atomic mass is 10.1. The van der Waals surface area contributed by atoms with E-state index in [1.54, 1.807) is 38.5 Å². The summed E-state index contributed by atoms with van der Waals surface area (Å²) in [6.07, 6.45) is 2.76. The number of ether oxygens (including phenoxy) is 4. The average Bonchev–Trinajstić information content (AvgIpc) is 3.00. The molecule has 0 bridgehead atoms. The minimum absolute atomic E-state index is 0.237. The highest BCUT2D eigenvalue weighted by atomic mass is 79.9. The highest BCUT2D eigenvalue weighted by Gasteiger charge is 2.15. The van der Waals surface area contributed by atoms with Crippen LogP contribution in [0.25, 0.3) is 0 Å². The zero-order valence-corrected chi connectivity index (χ0v) is 26.1. The van der Waals surface area contributed by atoms with Gasteiger partial charge in [0, 0.05) is 12.2 Å². The maximum absolute atomic E-state index is 12.4. The van der Waals surface area contributed by atoms with Crippen LogP contribution < -0.4 is 35.0 Å². The lowest BCUT2D eigenvalue weighted by Crippen LogP contribution is -2.38. The van der Waals surface area contributed by atoms with Gasteiger partial charge in [-0.1, -0.05) is 25.1 Å². The Morgan fingerprint density at radius 1 is 0.860 bits per heavy atom. The first-order valence-electron chi connectivity index (χ1n) is 13.6. The van der Waals surface area contributed by atoms with Gasteiger partial charge in [-0.05, 0) is 88.8 Å². The van der Waals surface area contributed by atoms with Gasteiger partial charge in [-0.15, -0.1) is 0 Å². The maximum Gasteiger partial charge on any atom is 0.329 e. The molecule has 3 rings (SSSR count). The van der Waals surface area contributed by atoms with Crippen molar-refractivity contribution in [2.75, 3.05) is 39.3 Å². The monoisotopic (exact) mass is 654 g/mol. The predicted molar refractivity (Wildman–Crippen MR) is 167 cm³/mol. The van der Waals surface area contributed by atoms with Crippen LogP contribution in [0.2, 0.25) is 0 Å². The number of carbonyl (C=O) groups is 3. The molecule has 0 aromatic heterocycles. The third kappa shape index (κ3) is 10.0. The Hall–Kier alpha value is -4.58. The second-order valence-electron chi connectivity index (χ2n) is 9.04. The number of anilines is 1. The third-order valence-corrected chi connectivity index (χ3v) is 6.65. The van der Waals surface area contributed by atoms with E-state index in [0.717, 1.165) is 12.0 Å². The van der Waals surface area contributed by atoms with Crippen LogP contribution in [0.1, 0.15) is 30.5 Å². The number of nitrogens with one attached hydrogen (secondary N) is 3. The van der Waals surface area contributed by atoms with Gasteiger partial charge in [-0.2, -0.15) is 5.10 Å². The van der Waals surface area contributed by atoms with Crippen LogP contribution in [0.3, 0.4) is 0 Å². The quantitative estimate of drug-likeness (QED) is 0.134. The maximum atomic E-state index is 12.4. The molecule has 3 aromatic rings. The van der Waals surface area contributed by atoms with Crippen molar-refractivity contribution in [3.05, 3.63) is 75.8 Å². The van der Waals surface area contributed by atoms with E-state index in [2.05, 4.69) is 44.0 Å². The number of amides is 3. The largest absolute Gasteiger partial charge is 0.493 e. The second-order valence-corrected chi connectivity index (χ2v) is 9.90. The lowest BCUT2D eigenvalue weighted by Gasteiger charge is -2.14. The Morgan fingerprint density at radius 2 is 1.58 bits per heavy atom.